The van der Waals surface area contributed by atoms with Crippen LogP contribution in [-0.4, -0.2) is 24.2 Å². The molecule has 4 bridgehead atoms. The van der Waals surface area contributed by atoms with Gasteiger partial charge >= 0.3 is 0 Å². The Morgan fingerprint density at radius 1 is 0.920 bits per heavy atom. The van der Waals surface area contributed by atoms with Crippen molar-refractivity contribution in [2.24, 2.45) is 4.99 Å². The van der Waals surface area contributed by atoms with Crippen LogP contribution in [0.1, 0.15) is 47.2 Å². The van der Waals surface area contributed by atoms with E-state index in [1.165, 1.54) is 22.3 Å². The Hall–Kier alpha value is -2.13. The molecule has 0 unspecified atom stereocenters. The lowest BCUT2D eigenvalue weighted by Gasteiger charge is -2.24. The lowest BCUT2D eigenvalue weighted by atomic mass is 9.86. The van der Waals surface area contributed by atoms with E-state index in [4.69, 9.17) is 4.74 Å². The van der Waals surface area contributed by atoms with Crippen LogP contribution in [0.5, 0.6) is 0 Å². The minimum atomic E-state index is -0.820. The van der Waals surface area contributed by atoms with Gasteiger partial charge in [-0.15, -0.1) is 0 Å². The van der Waals surface area contributed by atoms with Gasteiger partial charge in [-0.3, -0.25) is 0 Å². The maximum absolute atomic E-state index is 10.6. The highest BCUT2D eigenvalue weighted by Crippen LogP contribution is 2.28. The van der Waals surface area contributed by atoms with Gasteiger partial charge in [0, 0.05) is 5.56 Å². The van der Waals surface area contributed by atoms with Crippen LogP contribution in [0.15, 0.2) is 41.4 Å². The summed E-state index contributed by atoms with van der Waals surface area (Å²) in [5, 5.41) is 10.6. The summed E-state index contributed by atoms with van der Waals surface area (Å²) in [7, 11) is 0. The van der Waals surface area contributed by atoms with Crippen LogP contribution in [0.25, 0.3) is 0 Å². The van der Waals surface area contributed by atoms with Gasteiger partial charge in [0.25, 0.3) is 0 Å². The third-order valence-electron chi connectivity index (χ3n) is 5.19. The third-order valence-corrected chi connectivity index (χ3v) is 5.19. The van der Waals surface area contributed by atoms with Crippen molar-refractivity contribution < 1.29 is 9.84 Å². The van der Waals surface area contributed by atoms with Crippen LogP contribution < -0.4 is 0 Å². The summed E-state index contributed by atoms with van der Waals surface area (Å²) in [6.07, 6.45) is 3.76. The van der Waals surface area contributed by atoms with E-state index in [1.807, 2.05) is 13.8 Å². The van der Waals surface area contributed by atoms with Crippen LogP contribution in [0.4, 0.5) is 0 Å². The highest BCUT2D eigenvalue weighted by Gasteiger charge is 2.22. The fourth-order valence-electron chi connectivity index (χ4n) is 3.82. The Morgan fingerprint density at radius 2 is 1.60 bits per heavy atom. The number of rotatable bonds is 2. The van der Waals surface area contributed by atoms with Crippen molar-refractivity contribution in [1.29, 1.82) is 0 Å². The zero-order valence-corrected chi connectivity index (χ0v) is 15.0. The van der Waals surface area contributed by atoms with E-state index >= 15 is 0 Å². The number of aliphatic hydroxyl groups is 1. The molecule has 0 fully saturated rings. The summed E-state index contributed by atoms with van der Waals surface area (Å²) in [6, 6.07) is 13.3. The number of ether oxygens (including phenoxy) is 1. The van der Waals surface area contributed by atoms with Gasteiger partial charge in [0.15, 0.2) is 0 Å². The molecule has 1 N–H and O–H groups in total. The lowest BCUT2D eigenvalue weighted by molar-refractivity contribution is 0.0775. The molecule has 1 heterocycles. The van der Waals surface area contributed by atoms with Gasteiger partial charge in [-0.1, -0.05) is 30.3 Å². The average molecular weight is 335 g/mol. The van der Waals surface area contributed by atoms with Crippen LogP contribution >= 0.6 is 0 Å². The van der Waals surface area contributed by atoms with Gasteiger partial charge < -0.3 is 9.84 Å². The van der Waals surface area contributed by atoms with Gasteiger partial charge in [0.05, 0.1) is 12.1 Å². The van der Waals surface area contributed by atoms with Crippen molar-refractivity contribution in [3.63, 3.8) is 0 Å². The van der Waals surface area contributed by atoms with Gasteiger partial charge in [-0.25, -0.2) is 4.99 Å². The number of nitrogens with zero attached hydrogens (tertiary/aromatic N) is 1. The summed E-state index contributed by atoms with van der Waals surface area (Å²) < 4.78 is 5.74. The second-order valence-electron chi connectivity index (χ2n) is 7.58. The van der Waals surface area contributed by atoms with Crippen molar-refractivity contribution in [1.82, 2.24) is 0 Å². The van der Waals surface area contributed by atoms with E-state index in [2.05, 4.69) is 41.4 Å². The molecule has 0 amide bonds. The molecule has 0 spiro atoms. The molecule has 3 nitrogen and oxygen atoms in total. The van der Waals surface area contributed by atoms with E-state index in [0.717, 1.165) is 49.3 Å². The molecule has 0 aromatic heterocycles. The Kier molecular flexibility index (Phi) is 4.12. The van der Waals surface area contributed by atoms with Gasteiger partial charge in [0.1, 0.15) is 6.61 Å². The Morgan fingerprint density at radius 3 is 2.28 bits per heavy atom. The topological polar surface area (TPSA) is 41.8 Å². The van der Waals surface area contributed by atoms with E-state index in [-0.39, 0.29) is 0 Å². The quantitative estimate of drug-likeness (QED) is 0.911. The van der Waals surface area contributed by atoms with E-state index in [9.17, 15) is 5.11 Å². The number of hydrogen-bond acceptors (Lipinski definition) is 3. The molecular formula is C22H25NO2. The number of hydrogen-bond donors (Lipinski definition) is 1. The summed E-state index contributed by atoms with van der Waals surface area (Å²) in [4.78, 5) is 4.53. The zero-order valence-electron chi connectivity index (χ0n) is 15.0. The smallest absolute Gasteiger partial charge is 0.216 e. The maximum Gasteiger partial charge on any atom is 0.216 e. The predicted molar refractivity (Wildman–Crippen MR) is 100 cm³/mol. The van der Waals surface area contributed by atoms with Crippen molar-refractivity contribution in [2.45, 2.75) is 45.1 Å². The lowest BCUT2D eigenvalue weighted by Crippen LogP contribution is -2.19. The molecule has 1 aliphatic heterocycles. The van der Waals surface area contributed by atoms with Gasteiger partial charge in [-0.05, 0) is 73.4 Å². The standard InChI is InChI=1S/C22H25NO2/c1-22(2,24)20-14-16-4-3-15-5-7-17(9-10-18(20)8-6-16)19(13-15)21-23-11-12-25-21/h5-8,13-14,24H,3-4,9-12H2,1-2H3. The largest absolute Gasteiger partial charge is 0.476 e. The minimum absolute atomic E-state index is 0.683. The fraction of sp³-hybridized carbons (Fsp3) is 0.409. The molecular weight excluding hydrogens is 310 g/mol. The molecule has 0 saturated carbocycles. The summed E-state index contributed by atoms with van der Waals surface area (Å²) >= 11 is 0. The van der Waals surface area contributed by atoms with E-state index in [0.29, 0.717) is 6.61 Å². The predicted octanol–water partition coefficient (Wildman–Crippen LogP) is 3.57. The highest BCUT2D eigenvalue weighted by atomic mass is 16.5. The third kappa shape index (κ3) is 3.34. The van der Waals surface area contributed by atoms with Crippen LogP contribution in [0.2, 0.25) is 0 Å². The molecule has 25 heavy (non-hydrogen) atoms. The van der Waals surface area contributed by atoms with Crippen molar-refractivity contribution in [3.05, 3.63) is 69.8 Å². The molecule has 2 aromatic rings. The first-order valence-corrected chi connectivity index (χ1v) is 9.15. The molecule has 4 aliphatic carbocycles. The summed E-state index contributed by atoms with van der Waals surface area (Å²) in [5.41, 5.74) is 6.47. The first kappa shape index (κ1) is 16.3. The van der Waals surface area contributed by atoms with E-state index in [1.54, 1.807) is 0 Å². The SMILES string of the molecule is CC(C)(O)c1cc2ccc1CCc1ccc(cc1C1=NCCO1)CC2. The van der Waals surface area contributed by atoms with Crippen molar-refractivity contribution >= 4 is 5.90 Å². The highest BCUT2D eigenvalue weighted by molar-refractivity contribution is 5.96. The number of aryl methyl sites for hydroxylation is 4. The molecule has 0 radical (unpaired) electrons. The maximum atomic E-state index is 10.6. The fourth-order valence-corrected chi connectivity index (χ4v) is 3.82. The van der Waals surface area contributed by atoms with Gasteiger partial charge in [0.2, 0.25) is 5.90 Å². The first-order chi connectivity index (χ1) is 12.0. The summed E-state index contributed by atoms with van der Waals surface area (Å²) in [5.74, 6) is 0.797. The second-order valence-corrected chi connectivity index (χ2v) is 7.58. The molecule has 5 aliphatic rings. The van der Waals surface area contributed by atoms with E-state index < -0.39 is 5.60 Å². The molecule has 3 heteroatoms. The number of benzene rings is 2. The second kappa shape index (κ2) is 6.30. The minimum Gasteiger partial charge on any atom is -0.476 e. The Bertz CT molecular complexity index is 830. The normalized spacial score (nSPS) is 17.0. The monoisotopic (exact) mass is 335 g/mol. The van der Waals surface area contributed by atoms with Crippen LogP contribution in [0, 0.1) is 0 Å². The van der Waals surface area contributed by atoms with Crippen LogP contribution in [-0.2, 0) is 36.0 Å². The Labute approximate surface area is 149 Å². The Balaban J connectivity index is 1.77. The van der Waals surface area contributed by atoms with Crippen LogP contribution in [0.3, 0.4) is 0 Å². The first-order valence-electron chi connectivity index (χ1n) is 9.15. The van der Waals surface area contributed by atoms with Gasteiger partial charge in [-0.2, -0.15) is 0 Å². The summed E-state index contributed by atoms with van der Waals surface area (Å²) in [6.45, 7) is 5.19. The molecule has 0 saturated heterocycles. The zero-order chi connectivity index (χ0) is 17.4. The average Bonchev–Trinajstić information content (AvgIpc) is 3.10. The van der Waals surface area contributed by atoms with Crippen molar-refractivity contribution in [3.8, 4) is 0 Å². The number of aliphatic imine (C=N–C) groups is 1. The van der Waals surface area contributed by atoms with Crippen molar-refractivity contribution in [2.75, 3.05) is 13.2 Å². The molecule has 0 atom stereocenters. The molecule has 130 valence electrons. The molecule has 7 rings (SSSR count). The molecule has 2 aromatic carbocycles.